The minimum Gasteiger partial charge on any atom is -0.295 e. The van der Waals surface area contributed by atoms with Gasteiger partial charge in [-0.15, -0.1) is 0 Å². The first kappa shape index (κ1) is 11.5. The molecule has 16 heavy (non-hydrogen) atoms. The third-order valence-electron chi connectivity index (χ3n) is 2.97. The van der Waals surface area contributed by atoms with Crippen molar-refractivity contribution in [2.45, 2.75) is 19.5 Å². The maximum Gasteiger partial charge on any atom is 0.0991 e. The van der Waals surface area contributed by atoms with E-state index in [-0.39, 0.29) is 0 Å². The SMILES string of the molecule is CC1CSCCN1Cc1ccc(C#N)cc1. The Balaban J connectivity index is 2.00. The van der Waals surface area contributed by atoms with E-state index in [9.17, 15) is 0 Å². The summed E-state index contributed by atoms with van der Waals surface area (Å²) in [7, 11) is 0. The van der Waals surface area contributed by atoms with Crippen LogP contribution in [-0.4, -0.2) is 29.0 Å². The highest BCUT2D eigenvalue weighted by Gasteiger charge is 2.18. The van der Waals surface area contributed by atoms with Crippen LogP contribution in [0.15, 0.2) is 24.3 Å². The minimum absolute atomic E-state index is 0.661. The molecule has 1 aromatic rings. The van der Waals surface area contributed by atoms with Crippen LogP contribution in [0.2, 0.25) is 0 Å². The first-order valence-electron chi connectivity index (χ1n) is 5.60. The zero-order valence-electron chi connectivity index (χ0n) is 9.52. The average Bonchev–Trinajstić information content (AvgIpc) is 2.33. The molecule has 0 bridgehead atoms. The van der Waals surface area contributed by atoms with Gasteiger partial charge in [-0.2, -0.15) is 17.0 Å². The number of nitriles is 1. The molecule has 1 unspecified atom stereocenters. The number of nitrogens with zero attached hydrogens (tertiary/aromatic N) is 2. The van der Waals surface area contributed by atoms with Gasteiger partial charge in [0.15, 0.2) is 0 Å². The molecule has 1 fully saturated rings. The van der Waals surface area contributed by atoms with E-state index in [1.165, 1.54) is 23.6 Å². The molecular weight excluding hydrogens is 216 g/mol. The number of thioether (sulfide) groups is 1. The van der Waals surface area contributed by atoms with Crippen LogP contribution in [0.25, 0.3) is 0 Å². The third-order valence-corrected chi connectivity index (χ3v) is 4.16. The molecule has 0 radical (unpaired) electrons. The van der Waals surface area contributed by atoms with Crippen molar-refractivity contribution in [1.29, 1.82) is 5.26 Å². The number of rotatable bonds is 2. The molecule has 2 rings (SSSR count). The zero-order chi connectivity index (χ0) is 11.4. The van der Waals surface area contributed by atoms with Gasteiger partial charge in [-0.1, -0.05) is 12.1 Å². The van der Waals surface area contributed by atoms with Crippen molar-refractivity contribution in [3.63, 3.8) is 0 Å². The fourth-order valence-corrected chi connectivity index (χ4v) is 3.00. The molecule has 0 aromatic heterocycles. The van der Waals surface area contributed by atoms with E-state index in [1.54, 1.807) is 0 Å². The summed E-state index contributed by atoms with van der Waals surface area (Å²) >= 11 is 2.04. The highest BCUT2D eigenvalue weighted by molar-refractivity contribution is 7.99. The Morgan fingerprint density at radius 3 is 2.81 bits per heavy atom. The monoisotopic (exact) mass is 232 g/mol. The Labute approximate surface area is 101 Å². The Hall–Kier alpha value is -0.980. The van der Waals surface area contributed by atoms with Gasteiger partial charge >= 0.3 is 0 Å². The van der Waals surface area contributed by atoms with Gasteiger partial charge in [0.25, 0.3) is 0 Å². The van der Waals surface area contributed by atoms with Crippen LogP contribution >= 0.6 is 11.8 Å². The van der Waals surface area contributed by atoms with Crippen LogP contribution in [-0.2, 0) is 6.54 Å². The second-order valence-electron chi connectivity index (χ2n) is 4.20. The van der Waals surface area contributed by atoms with Crippen molar-refractivity contribution in [3.8, 4) is 6.07 Å². The summed E-state index contributed by atoms with van der Waals surface area (Å²) in [5.74, 6) is 2.47. The summed E-state index contributed by atoms with van der Waals surface area (Å²) in [6.07, 6.45) is 0. The summed E-state index contributed by atoms with van der Waals surface area (Å²) in [6, 6.07) is 10.7. The van der Waals surface area contributed by atoms with E-state index in [0.717, 1.165) is 12.1 Å². The van der Waals surface area contributed by atoms with Crippen LogP contribution < -0.4 is 0 Å². The maximum atomic E-state index is 8.73. The average molecular weight is 232 g/mol. The van der Waals surface area contributed by atoms with Crippen molar-refractivity contribution in [2.75, 3.05) is 18.1 Å². The summed E-state index contributed by atoms with van der Waals surface area (Å²) in [5, 5.41) is 8.73. The van der Waals surface area contributed by atoms with E-state index < -0.39 is 0 Å². The van der Waals surface area contributed by atoms with Crippen molar-refractivity contribution in [3.05, 3.63) is 35.4 Å². The lowest BCUT2D eigenvalue weighted by Gasteiger charge is -2.32. The molecular formula is C13H16N2S. The molecule has 1 atom stereocenters. The molecule has 0 amide bonds. The summed E-state index contributed by atoms with van der Waals surface area (Å²) in [5.41, 5.74) is 2.05. The van der Waals surface area contributed by atoms with Crippen LogP contribution in [0.5, 0.6) is 0 Å². The van der Waals surface area contributed by atoms with E-state index in [2.05, 4.69) is 30.0 Å². The molecule has 1 saturated heterocycles. The van der Waals surface area contributed by atoms with Gasteiger partial charge in [0.1, 0.15) is 0 Å². The normalized spacial score (nSPS) is 21.6. The van der Waals surface area contributed by atoms with Crippen molar-refractivity contribution in [1.82, 2.24) is 4.90 Å². The van der Waals surface area contributed by atoms with Gasteiger partial charge in [0.2, 0.25) is 0 Å². The fraction of sp³-hybridized carbons (Fsp3) is 0.462. The van der Waals surface area contributed by atoms with Crippen LogP contribution in [0.1, 0.15) is 18.1 Å². The highest BCUT2D eigenvalue weighted by Crippen LogP contribution is 2.18. The predicted octanol–water partition coefficient (Wildman–Crippen LogP) is 2.50. The molecule has 2 nitrogen and oxygen atoms in total. The molecule has 3 heteroatoms. The van der Waals surface area contributed by atoms with Gasteiger partial charge in [-0.05, 0) is 24.6 Å². The fourth-order valence-electron chi connectivity index (χ4n) is 1.92. The molecule has 1 aliphatic rings. The second kappa shape index (κ2) is 5.38. The van der Waals surface area contributed by atoms with Crippen molar-refractivity contribution >= 4 is 11.8 Å². The number of benzene rings is 1. The van der Waals surface area contributed by atoms with E-state index in [4.69, 9.17) is 5.26 Å². The van der Waals surface area contributed by atoms with Crippen molar-refractivity contribution < 1.29 is 0 Å². The maximum absolute atomic E-state index is 8.73. The lowest BCUT2D eigenvalue weighted by molar-refractivity contribution is 0.224. The number of hydrogen-bond donors (Lipinski definition) is 0. The Morgan fingerprint density at radius 1 is 1.44 bits per heavy atom. The van der Waals surface area contributed by atoms with Gasteiger partial charge < -0.3 is 0 Å². The van der Waals surface area contributed by atoms with E-state index >= 15 is 0 Å². The Kier molecular flexibility index (Phi) is 3.87. The molecule has 1 aliphatic heterocycles. The quantitative estimate of drug-likeness (QED) is 0.784. The Morgan fingerprint density at radius 2 is 2.19 bits per heavy atom. The standard InChI is InChI=1S/C13H16N2S/c1-11-10-16-7-6-15(11)9-13-4-2-12(8-14)3-5-13/h2-5,11H,6-7,9-10H2,1H3. The zero-order valence-corrected chi connectivity index (χ0v) is 10.3. The molecule has 0 aliphatic carbocycles. The van der Waals surface area contributed by atoms with Gasteiger partial charge in [-0.25, -0.2) is 0 Å². The van der Waals surface area contributed by atoms with E-state index in [0.29, 0.717) is 6.04 Å². The van der Waals surface area contributed by atoms with Gasteiger partial charge in [0.05, 0.1) is 11.6 Å². The summed E-state index contributed by atoms with van der Waals surface area (Å²) < 4.78 is 0. The summed E-state index contributed by atoms with van der Waals surface area (Å²) in [6.45, 7) is 4.47. The highest BCUT2D eigenvalue weighted by atomic mass is 32.2. The van der Waals surface area contributed by atoms with Crippen molar-refractivity contribution in [2.24, 2.45) is 0 Å². The molecule has 0 spiro atoms. The summed E-state index contributed by atoms with van der Waals surface area (Å²) in [4.78, 5) is 2.51. The second-order valence-corrected chi connectivity index (χ2v) is 5.35. The third kappa shape index (κ3) is 2.78. The molecule has 1 aromatic carbocycles. The van der Waals surface area contributed by atoms with Crippen LogP contribution in [0, 0.1) is 11.3 Å². The van der Waals surface area contributed by atoms with Gasteiger partial charge in [0, 0.05) is 30.6 Å². The van der Waals surface area contributed by atoms with E-state index in [1.807, 2.05) is 23.9 Å². The smallest absolute Gasteiger partial charge is 0.0991 e. The van der Waals surface area contributed by atoms with Gasteiger partial charge in [-0.3, -0.25) is 4.90 Å². The largest absolute Gasteiger partial charge is 0.295 e. The molecule has 84 valence electrons. The topological polar surface area (TPSA) is 27.0 Å². The van der Waals surface area contributed by atoms with Crippen LogP contribution in [0.3, 0.4) is 0 Å². The predicted molar refractivity (Wildman–Crippen MR) is 68.4 cm³/mol. The minimum atomic E-state index is 0.661. The van der Waals surface area contributed by atoms with Crippen LogP contribution in [0.4, 0.5) is 0 Å². The lowest BCUT2D eigenvalue weighted by Crippen LogP contribution is -2.39. The number of hydrogen-bond acceptors (Lipinski definition) is 3. The lowest BCUT2D eigenvalue weighted by atomic mass is 10.1. The molecule has 0 N–H and O–H groups in total. The first-order chi connectivity index (χ1) is 7.79. The first-order valence-corrected chi connectivity index (χ1v) is 6.76. The Bertz CT molecular complexity index is 380. The molecule has 1 heterocycles. The molecule has 0 saturated carbocycles.